The van der Waals surface area contributed by atoms with Crippen LogP contribution in [0.4, 0.5) is 0 Å². The molecule has 0 aliphatic carbocycles. The topological polar surface area (TPSA) is 0 Å². The number of rotatable bonds is 4. The lowest BCUT2D eigenvalue weighted by Gasteiger charge is -1.96. The van der Waals surface area contributed by atoms with Gasteiger partial charge in [-0.1, -0.05) is 31.4 Å². The summed E-state index contributed by atoms with van der Waals surface area (Å²) < 4.78 is 0. The maximum Gasteiger partial charge on any atom is 0.157 e. The molecule has 1 heteroatoms. The van der Waals surface area contributed by atoms with E-state index in [0.29, 0.717) is 5.25 Å². The summed E-state index contributed by atoms with van der Waals surface area (Å²) in [6.07, 6.45) is 3.84. The van der Waals surface area contributed by atoms with Gasteiger partial charge in [-0.05, 0) is 24.3 Å². The molecule has 0 heterocycles. The number of thiol groups is 1. The first-order chi connectivity index (χ1) is 5.86. The van der Waals surface area contributed by atoms with Crippen LogP contribution in [0, 0.1) is 0 Å². The highest BCUT2D eigenvalue weighted by Crippen LogP contribution is 2.07. The lowest BCUT2D eigenvalue weighted by Crippen LogP contribution is -2.01. The van der Waals surface area contributed by atoms with Gasteiger partial charge < -0.3 is 0 Å². The Bertz CT molecular complexity index is 243. The molecule has 1 aromatic carbocycles. The van der Waals surface area contributed by atoms with Crippen molar-refractivity contribution in [3.8, 4) is 0 Å². The molecule has 0 atom stereocenters. The Morgan fingerprint density at radius 3 is 2.17 bits per heavy atom. The van der Waals surface area contributed by atoms with E-state index in [9.17, 15) is 0 Å². The molecule has 1 rings (SSSR count). The van der Waals surface area contributed by atoms with Gasteiger partial charge in [0.25, 0.3) is 0 Å². The smallest absolute Gasteiger partial charge is 0.0978 e. The molecule has 12 heavy (non-hydrogen) atoms. The quantitative estimate of drug-likeness (QED) is 0.377. The van der Waals surface area contributed by atoms with Crippen LogP contribution in [-0.2, 0) is 11.8 Å². The first-order valence-corrected chi connectivity index (χ1v) is 4.84. The van der Waals surface area contributed by atoms with Gasteiger partial charge in [0.1, 0.15) is 0 Å². The minimum Gasteiger partial charge on any atom is -0.0978 e. The van der Waals surface area contributed by atoms with Crippen LogP contribution in [0.15, 0.2) is 60.5 Å². The van der Waals surface area contributed by atoms with Crippen LogP contribution in [0.2, 0.25) is 0 Å². The fourth-order valence-corrected chi connectivity index (χ4v) is 1.79. The molecular weight excluding hydrogens is 164 g/mol. The molecule has 0 amide bonds. The summed E-state index contributed by atoms with van der Waals surface area (Å²) in [5, 5.41) is 0.368. The summed E-state index contributed by atoms with van der Waals surface area (Å²) in [6, 6.07) is 10.3. The molecule has 0 radical (unpaired) electrons. The Kier molecular flexibility index (Phi) is 3.68. The average molecular weight is 177 g/mol. The van der Waals surface area contributed by atoms with Crippen molar-refractivity contribution in [2.24, 2.45) is 0 Å². The molecule has 0 N–H and O–H groups in total. The summed E-state index contributed by atoms with van der Waals surface area (Å²) >= 11 is 1.26. The van der Waals surface area contributed by atoms with Crippen molar-refractivity contribution in [3.63, 3.8) is 0 Å². The summed E-state index contributed by atoms with van der Waals surface area (Å²) in [5.41, 5.74) is 0. The number of hydrogen-bond acceptors (Lipinski definition) is 0. The third-order valence-electron chi connectivity index (χ3n) is 1.54. The zero-order valence-electron chi connectivity index (χ0n) is 6.98. The Labute approximate surface area is 78.0 Å². The normalized spacial score (nSPS) is 9.75. The number of benzene rings is 1. The summed E-state index contributed by atoms with van der Waals surface area (Å²) in [7, 11) is 0. The minimum absolute atomic E-state index is 0.368. The molecular formula is C11H13S+. The third kappa shape index (κ3) is 2.59. The molecule has 1 aromatic rings. The largest absolute Gasteiger partial charge is 0.157 e. The molecule has 0 aliphatic rings. The molecule has 0 saturated heterocycles. The SMILES string of the molecule is C=CC(C=C)[SH+]c1ccccc1. The fraction of sp³-hybridized carbons (Fsp3) is 0.0909. The molecule has 0 unspecified atom stereocenters. The standard InChI is InChI=1S/C11H12S/c1-3-10(4-2)12-11-8-6-5-7-9-11/h3-10H,1-2H2/p+1. The van der Waals surface area contributed by atoms with Gasteiger partial charge in [-0.3, -0.25) is 0 Å². The van der Waals surface area contributed by atoms with Crippen LogP contribution in [0.1, 0.15) is 0 Å². The molecule has 0 aromatic heterocycles. The van der Waals surface area contributed by atoms with Crippen LogP contribution in [0.5, 0.6) is 0 Å². The predicted molar refractivity (Wildman–Crippen MR) is 57.7 cm³/mol. The zero-order valence-corrected chi connectivity index (χ0v) is 7.87. The van der Waals surface area contributed by atoms with Gasteiger partial charge in [0, 0.05) is 11.8 Å². The van der Waals surface area contributed by atoms with E-state index < -0.39 is 0 Å². The second-order valence-corrected chi connectivity index (χ2v) is 3.80. The minimum atomic E-state index is 0.368. The first-order valence-electron chi connectivity index (χ1n) is 3.88. The van der Waals surface area contributed by atoms with Crippen molar-refractivity contribution in [1.82, 2.24) is 0 Å². The van der Waals surface area contributed by atoms with Crippen LogP contribution >= 0.6 is 0 Å². The van der Waals surface area contributed by atoms with Gasteiger partial charge >= 0.3 is 0 Å². The molecule has 0 spiro atoms. The Balaban J connectivity index is 2.62. The van der Waals surface area contributed by atoms with Crippen LogP contribution in [-0.4, -0.2) is 5.25 Å². The summed E-state index contributed by atoms with van der Waals surface area (Å²) in [4.78, 5) is 1.31. The molecule has 0 bridgehead atoms. The third-order valence-corrected chi connectivity index (χ3v) is 2.85. The monoisotopic (exact) mass is 177 g/mol. The van der Waals surface area contributed by atoms with Gasteiger partial charge in [-0.2, -0.15) is 0 Å². The van der Waals surface area contributed by atoms with Crippen molar-refractivity contribution >= 4 is 11.8 Å². The van der Waals surface area contributed by atoms with E-state index in [2.05, 4.69) is 25.3 Å². The van der Waals surface area contributed by atoms with Crippen molar-refractivity contribution in [2.75, 3.05) is 0 Å². The Morgan fingerprint density at radius 2 is 1.67 bits per heavy atom. The van der Waals surface area contributed by atoms with E-state index in [0.717, 1.165) is 0 Å². The highest BCUT2D eigenvalue weighted by atomic mass is 32.2. The Morgan fingerprint density at radius 1 is 1.08 bits per heavy atom. The van der Waals surface area contributed by atoms with E-state index in [4.69, 9.17) is 0 Å². The lowest BCUT2D eigenvalue weighted by atomic mass is 10.4. The summed E-state index contributed by atoms with van der Waals surface area (Å²) in [6.45, 7) is 7.50. The second-order valence-electron chi connectivity index (χ2n) is 2.43. The molecule has 62 valence electrons. The van der Waals surface area contributed by atoms with Gasteiger partial charge in [0.05, 0.1) is 0 Å². The van der Waals surface area contributed by atoms with Gasteiger partial charge in [0.15, 0.2) is 10.1 Å². The van der Waals surface area contributed by atoms with Crippen molar-refractivity contribution in [3.05, 3.63) is 55.6 Å². The predicted octanol–water partition coefficient (Wildman–Crippen LogP) is 2.60. The average Bonchev–Trinajstić information content (AvgIpc) is 2.16. The van der Waals surface area contributed by atoms with E-state index in [1.807, 2.05) is 30.4 Å². The van der Waals surface area contributed by atoms with E-state index in [-0.39, 0.29) is 0 Å². The van der Waals surface area contributed by atoms with Gasteiger partial charge in [0.2, 0.25) is 0 Å². The maximum atomic E-state index is 3.75. The number of hydrogen-bond donors (Lipinski definition) is 0. The molecule has 0 aliphatic heterocycles. The molecule has 0 saturated carbocycles. The van der Waals surface area contributed by atoms with Gasteiger partial charge in [-0.25, -0.2) is 0 Å². The Hall–Kier alpha value is -0.950. The summed E-state index contributed by atoms with van der Waals surface area (Å²) in [5.74, 6) is 0. The van der Waals surface area contributed by atoms with E-state index in [1.165, 1.54) is 16.7 Å². The first kappa shape index (κ1) is 9.14. The fourth-order valence-electron chi connectivity index (χ4n) is 0.888. The maximum absolute atomic E-state index is 3.75. The van der Waals surface area contributed by atoms with Crippen molar-refractivity contribution in [1.29, 1.82) is 0 Å². The molecule has 0 fully saturated rings. The van der Waals surface area contributed by atoms with Gasteiger partial charge in [-0.15, -0.1) is 0 Å². The highest BCUT2D eigenvalue weighted by Gasteiger charge is 2.08. The van der Waals surface area contributed by atoms with Crippen molar-refractivity contribution < 1.29 is 0 Å². The molecule has 0 nitrogen and oxygen atoms in total. The highest BCUT2D eigenvalue weighted by molar-refractivity contribution is 7.79. The van der Waals surface area contributed by atoms with E-state index in [1.54, 1.807) is 0 Å². The zero-order chi connectivity index (χ0) is 8.81. The van der Waals surface area contributed by atoms with Crippen LogP contribution in [0.25, 0.3) is 0 Å². The van der Waals surface area contributed by atoms with Crippen molar-refractivity contribution in [2.45, 2.75) is 10.1 Å². The second kappa shape index (κ2) is 4.83. The van der Waals surface area contributed by atoms with Crippen LogP contribution in [0.3, 0.4) is 0 Å². The lowest BCUT2D eigenvalue weighted by molar-refractivity contribution is 1.38. The van der Waals surface area contributed by atoms with Crippen LogP contribution < -0.4 is 0 Å². The van der Waals surface area contributed by atoms with E-state index >= 15 is 0 Å².